The van der Waals surface area contributed by atoms with Crippen molar-refractivity contribution < 1.29 is 23.2 Å². The van der Waals surface area contributed by atoms with Crippen LogP contribution in [0.5, 0.6) is 0 Å². The number of benzene rings is 2. The predicted octanol–water partition coefficient (Wildman–Crippen LogP) is 6.83. The predicted molar refractivity (Wildman–Crippen MR) is 155 cm³/mol. The largest absolute Gasteiger partial charge is 0.465 e. The van der Waals surface area contributed by atoms with Gasteiger partial charge in [0, 0.05) is 36.1 Å². The molecular formula is C33H35FN4O4. The average molecular weight is 571 g/mol. The van der Waals surface area contributed by atoms with E-state index >= 15 is 4.39 Å². The zero-order valence-electron chi connectivity index (χ0n) is 24.2. The quantitative estimate of drug-likeness (QED) is 0.216. The van der Waals surface area contributed by atoms with Gasteiger partial charge < -0.3 is 14.2 Å². The molecule has 1 aliphatic heterocycles. The van der Waals surface area contributed by atoms with E-state index in [4.69, 9.17) is 9.26 Å². The van der Waals surface area contributed by atoms with E-state index in [1.165, 1.54) is 13.3 Å². The molecule has 1 saturated carbocycles. The molecule has 8 nitrogen and oxygen atoms in total. The minimum atomic E-state index is -0.528. The van der Waals surface area contributed by atoms with Gasteiger partial charge in [-0.25, -0.2) is 13.9 Å². The molecule has 42 heavy (non-hydrogen) atoms. The maximum absolute atomic E-state index is 16.1. The van der Waals surface area contributed by atoms with E-state index < -0.39 is 11.8 Å². The molecular weight excluding hydrogens is 535 g/mol. The van der Waals surface area contributed by atoms with Gasteiger partial charge in [0.1, 0.15) is 17.1 Å². The lowest BCUT2D eigenvalue weighted by atomic mass is 9.96. The highest BCUT2D eigenvalue weighted by Crippen LogP contribution is 2.56. The van der Waals surface area contributed by atoms with Gasteiger partial charge in [-0.3, -0.25) is 4.79 Å². The summed E-state index contributed by atoms with van der Waals surface area (Å²) < 4.78 is 28.4. The minimum absolute atomic E-state index is 0.0177. The summed E-state index contributed by atoms with van der Waals surface area (Å²) in [6, 6.07) is 14.4. The number of rotatable bonds is 8. The number of carbonyl (C=O) groups excluding carboxylic acids is 2. The van der Waals surface area contributed by atoms with Gasteiger partial charge in [-0.1, -0.05) is 42.8 Å². The molecule has 2 aliphatic rings. The average Bonchev–Trinajstić information content (AvgIpc) is 3.46. The lowest BCUT2D eigenvalue weighted by Crippen LogP contribution is -2.44. The highest BCUT2D eigenvalue weighted by molar-refractivity contribution is 5.96. The molecule has 0 radical (unpaired) electrons. The molecule has 3 unspecified atom stereocenters. The first-order valence-corrected chi connectivity index (χ1v) is 14.7. The van der Waals surface area contributed by atoms with Crippen LogP contribution in [0.3, 0.4) is 0 Å². The second kappa shape index (κ2) is 11.5. The van der Waals surface area contributed by atoms with Gasteiger partial charge in [0.25, 0.3) is 5.91 Å². The van der Waals surface area contributed by atoms with Crippen LogP contribution in [0.1, 0.15) is 95.1 Å². The molecule has 2 fully saturated rings. The molecule has 4 aromatic rings. The van der Waals surface area contributed by atoms with Crippen LogP contribution in [0.25, 0.3) is 16.8 Å². The summed E-state index contributed by atoms with van der Waals surface area (Å²) in [6.45, 7) is 4.64. The number of esters is 1. The Morgan fingerprint density at radius 2 is 1.93 bits per heavy atom. The smallest absolute Gasteiger partial charge is 0.341 e. The van der Waals surface area contributed by atoms with Gasteiger partial charge in [-0.15, -0.1) is 0 Å². The van der Waals surface area contributed by atoms with Gasteiger partial charge in [0.2, 0.25) is 0 Å². The number of piperidine rings is 1. The second-order valence-corrected chi connectivity index (χ2v) is 11.3. The Bertz CT molecular complexity index is 1620. The van der Waals surface area contributed by atoms with Crippen LogP contribution in [-0.2, 0) is 4.74 Å². The van der Waals surface area contributed by atoms with E-state index in [1.54, 1.807) is 22.9 Å². The van der Waals surface area contributed by atoms with E-state index in [1.807, 2.05) is 42.2 Å². The molecule has 0 spiro atoms. The third-order valence-electron chi connectivity index (χ3n) is 8.51. The van der Waals surface area contributed by atoms with Gasteiger partial charge in [-0.2, -0.15) is 5.10 Å². The van der Waals surface area contributed by atoms with Crippen LogP contribution >= 0.6 is 0 Å². The molecule has 1 saturated heterocycles. The number of amides is 1. The summed E-state index contributed by atoms with van der Waals surface area (Å²) in [5.74, 6) is -0.422. The summed E-state index contributed by atoms with van der Waals surface area (Å²) in [4.78, 5) is 28.1. The molecule has 1 amide bonds. The zero-order chi connectivity index (χ0) is 29.4. The second-order valence-electron chi connectivity index (χ2n) is 11.3. The van der Waals surface area contributed by atoms with E-state index in [9.17, 15) is 9.59 Å². The van der Waals surface area contributed by atoms with Crippen molar-refractivity contribution in [2.24, 2.45) is 0 Å². The summed E-state index contributed by atoms with van der Waals surface area (Å²) in [5.41, 5.74) is 3.62. The maximum atomic E-state index is 16.1. The van der Waals surface area contributed by atoms with Crippen LogP contribution < -0.4 is 0 Å². The number of halogens is 1. The molecule has 2 aromatic carbocycles. The Balaban J connectivity index is 1.35. The number of likely N-dealkylation sites (tertiary alicyclic amines) is 1. The van der Waals surface area contributed by atoms with Crippen molar-refractivity contribution in [3.8, 4) is 16.8 Å². The van der Waals surface area contributed by atoms with Gasteiger partial charge in [0.05, 0.1) is 35.9 Å². The number of carbonyl (C=O) groups is 2. The monoisotopic (exact) mass is 570 g/mol. The van der Waals surface area contributed by atoms with Crippen LogP contribution in [0, 0.1) is 12.7 Å². The Morgan fingerprint density at radius 1 is 1.10 bits per heavy atom. The van der Waals surface area contributed by atoms with E-state index in [2.05, 4.69) is 17.2 Å². The summed E-state index contributed by atoms with van der Waals surface area (Å²) in [6.07, 6.45) is 7.19. The zero-order valence-corrected chi connectivity index (χ0v) is 24.2. The number of hydrogen-bond donors (Lipinski definition) is 0. The first-order valence-electron chi connectivity index (χ1n) is 14.7. The van der Waals surface area contributed by atoms with E-state index in [0.717, 1.165) is 55.7 Å². The normalized spacial score (nSPS) is 20.0. The first-order chi connectivity index (χ1) is 20.4. The number of ether oxygens (including phenoxy) is 1. The fourth-order valence-corrected chi connectivity index (χ4v) is 6.34. The molecule has 9 heteroatoms. The van der Waals surface area contributed by atoms with Crippen molar-refractivity contribution in [1.82, 2.24) is 19.8 Å². The van der Waals surface area contributed by atoms with E-state index in [0.29, 0.717) is 28.9 Å². The van der Waals surface area contributed by atoms with Crippen LogP contribution in [0.2, 0.25) is 0 Å². The molecule has 3 atom stereocenters. The van der Waals surface area contributed by atoms with Gasteiger partial charge in [0.15, 0.2) is 0 Å². The fourth-order valence-electron chi connectivity index (χ4n) is 6.34. The first kappa shape index (κ1) is 27.9. The molecule has 218 valence electrons. The SMILES string of the molecule is CCCC1CCCCN1C(=O)c1cccc(-c2cccc(-n3ncc(C(=O)OC)c3C3CC3c3cc(C)no3)c2)c1F. The summed E-state index contributed by atoms with van der Waals surface area (Å²) in [5, 5.41) is 8.57. The number of methoxy groups -OCH3 is 1. The van der Waals surface area contributed by atoms with Crippen molar-refractivity contribution in [3.05, 3.63) is 88.8 Å². The molecule has 3 heterocycles. The molecule has 1 aliphatic carbocycles. The van der Waals surface area contributed by atoms with Crippen molar-refractivity contribution in [3.63, 3.8) is 0 Å². The van der Waals surface area contributed by atoms with Crippen molar-refractivity contribution in [2.75, 3.05) is 13.7 Å². The summed E-state index contributed by atoms with van der Waals surface area (Å²) >= 11 is 0. The summed E-state index contributed by atoms with van der Waals surface area (Å²) in [7, 11) is 1.35. The Hall–Kier alpha value is -4.27. The number of aryl methyl sites for hydroxylation is 1. The van der Waals surface area contributed by atoms with Crippen LogP contribution in [0.15, 0.2) is 59.3 Å². The highest BCUT2D eigenvalue weighted by atomic mass is 19.1. The van der Waals surface area contributed by atoms with Crippen molar-refractivity contribution >= 4 is 11.9 Å². The molecule has 0 N–H and O–H groups in total. The maximum Gasteiger partial charge on any atom is 0.341 e. The Labute approximate surface area is 244 Å². The fraction of sp³-hybridized carbons (Fsp3) is 0.394. The number of nitrogens with zero attached hydrogens (tertiary/aromatic N) is 4. The Kier molecular flexibility index (Phi) is 7.66. The Morgan fingerprint density at radius 3 is 2.69 bits per heavy atom. The topological polar surface area (TPSA) is 90.5 Å². The van der Waals surface area contributed by atoms with E-state index in [-0.39, 0.29) is 29.3 Å². The number of aromatic nitrogens is 3. The third kappa shape index (κ3) is 5.12. The molecule has 6 rings (SSSR count). The molecule has 2 aromatic heterocycles. The highest BCUT2D eigenvalue weighted by Gasteiger charge is 2.46. The van der Waals surface area contributed by atoms with Crippen molar-refractivity contribution in [1.29, 1.82) is 0 Å². The van der Waals surface area contributed by atoms with Crippen LogP contribution in [0.4, 0.5) is 4.39 Å². The van der Waals surface area contributed by atoms with Crippen molar-refractivity contribution in [2.45, 2.75) is 70.3 Å². The molecule has 0 bridgehead atoms. The number of hydrogen-bond acceptors (Lipinski definition) is 6. The lowest BCUT2D eigenvalue weighted by Gasteiger charge is -2.36. The van der Waals surface area contributed by atoms with Gasteiger partial charge >= 0.3 is 5.97 Å². The minimum Gasteiger partial charge on any atom is -0.465 e. The van der Waals surface area contributed by atoms with Gasteiger partial charge in [-0.05, 0) is 62.8 Å². The third-order valence-corrected chi connectivity index (χ3v) is 8.51. The lowest BCUT2D eigenvalue weighted by molar-refractivity contribution is 0.0589. The standard InChI is InChI=1S/C33H35FN4O4/c1-4-9-22-11-5-6-15-37(22)32(39)25-14-8-13-24(30(25)34)21-10-7-12-23(17-21)38-31(28(19-35-38)33(40)41-3)27-18-26(27)29-16-20(2)36-42-29/h7-8,10,12-14,16-17,19,22,26-27H,4-6,9,11,15,18H2,1-3H3. The van der Waals surface area contributed by atoms with Crippen LogP contribution in [-0.4, -0.2) is 51.4 Å².